The van der Waals surface area contributed by atoms with E-state index in [0.717, 1.165) is 11.3 Å². The highest BCUT2D eigenvalue weighted by molar-refractivity contribution is 6.03. The molecule has 0 aliphatic carbocycles. The summed E-state index contributed by atoms with van der Waals surface area (Å²) < 4.78 is 6.90. The zero-order valence-electron chi connectivity index (χ0n) is 14.4. The van der Waals surface area contributed by atoms with E-state index >= 15 is 0 Å². The first-order chi connectivity index (χ1) is 13.8. The fraction of sp³-hybridized carbons (Fsp3) is 0. The van der Waals surface area contributed by atoms with Gasteiger partial charge in [0, 0.05) is 17.3 Å². The number of amides is 1. The maximum Gasteiger partial charge on any atom is 0.276 e. The third-order valence-corrected chi connectivity index (χ3v) is 4.20. The van der Waals surface area contributed by atoms with Crippen LogP contribution in [0.3, 0.4) is 0 Å². The zero-order chi connectivity index (χ0) is 18.9. The van der Waals surface area contributed by atoms with Crippen LogP contribution in [0.25, 0.3) is 28.4 Å². The topological polar surface area (TPSA) is 114 Å². The van der Waals surface area contributed by atoms with E-state index in [0.29, 0.717) is 22.8 Å². The molecule has 0 aliphatic rings. The number of nitrogens with zero attached hydrogens (tertiary/aromatic N) is 5. The van der Waals surface area contributed by atoms with E-state index in [1.807, 2.05) is 36.4 Å². The van der Waals surface area contributed by atoms with E-state index in [1.165, 1.54) is 0 Å². The summed E-state index contributed by atoms with van der Waals surface area (Å²) in [5.41, 5.74) is 3.94. The first-order valence-corrected chi connectivity index (χ1v) is 8.44. The molecule has 4 heterocycles. The Bertz CT molecular complexity index is 1250. The number of anilines is 1. The van der Waals surface area contributed by atoms with Crippen molar-refractivity contribution in [3.8, 4) is 22.7 Å². The van der Waals surface area contributed by atoms with Gasteiger partial charge in [0.2, 0.25) is 0 Å². The van der Waals surface area contributed by atoms with E-state index in [-0.39, 0.29) is 11.6 Å². The van der Waals surface area contributed by atoms with Gasteiger partial charge in [-0.3, -0.25) is 9.89 Å². The molecule has 0 bridgehead atoms. The van der Waals surface area contributed by atoms with Gasteiger partial charge < -0.3 is 9.73 Å². The number of furan rings is 1. The SMILES string of the molecule is O=C(Nc1ccc(-c2ccc3nncn3n2)cc1)c1cc(-c2ccco2)[nH]n1. The molecule has 4 aromatic heterocycles. The average molecular weight is 371 g/mol. The molecular weight excluding hydrogens is 358 g/mol. The van der Waals surface area contributed by atoms with Crippen molar-refractivity contribution in [1.82, 2.24) is 30.0 Å². The van der Waals surface area contributed by atoms with Crippen LogP contribution in [0.2, 0.25) is 0 Å². The molecule has 28 heavy (non-hydrogen) atoms. The van der Waals surface area contributed by atoms with Gasteiger partial charge in [-0.2, -0.15) is 14.7 Å². The number of benzene rings is 1. The van der Waals surface area contributed by atoms with Crippen molar-refractivity contribution < 1.29 is 9.21 Å². The third kappa shape index (κ3) is 2.90. The minimum atomic E-state index is -0.314. The van der Waals surface area contributed by atoms with Gasteiger partial charge in [0.25, 0.3) is 5.91 Å². The van der Waals surface area contributed by atoms with Gasteiger partial charge in [0.1, 0.15) is 12.0 Å². The van der Waals surface area contributed by atoms with Crippen molar-refractivity contribution in [2.24, 2.45) is 0 Å². The molecule has 0 spiro atoms. The number of fused-ring (bicyclic) bond motifs is 1. The summed E-state index contributed by atoms with van der Waals surface area (Å²) in [6.07, 6.45) is 3.11. The maximum atomic E-state index is 12.4. The van der Waals surface area contributed by atoms with Gasteiger partial charge in [-0.15, -0.1) is 10.2 Å². The highest BCUT2D eigenvalue weighted by atomic mass is 16.3. The van der Waals surface area contributed by atoms with Crippen molar-refractivity contribution in [1.29, 1.82) is 0 Å². The number of carbonyl (C=O) groups excluding carboxylic acids is 1. The number of carbonyl (C=O) groups is 1. The van der Waals surface area contributed by atoms with Crippen LogP contribution in [0.15, 0.2) is 71.6 Å². The number of hydrogen-bond donors (Lipinski definition) is 2. The fourth-order valence-corrected chi connectivity index (χ4v) is 2.80. The molecule has 2 N–H and O–H groups in total. The molecular formula is C19H13N7O2. The van der Waals surface area contributed by atoms with E-state index < -0.39 is 0 Å². The molecule has 5 rings (SSSR count). The molecule has 0 saturated heterocycles. The van der Waals surface area contributed by atoms with E-state index in [1.54, 1.807) is 35.3 Å². The smallest absolute Gasteiger partial charge is 0.276 e. The Morgan fingerprint density at radius 1 is 1.11 bits per heavy atom. The summed E-state index contributed by atoms with van der Waals surface area (Å²) in [5.74, 6) is 0.305. The summed E-state index contributed by atoms with van der Waals surface area (Å²) >= 11 is 0. The van der Waals surface area contributed by atoms with Crippen LogP contribution in [0.5, 0.6) is 0 Å². The molecule has 136 valence electrons. The lowest BCUT2D eigenvalue weighted by Crippen LogP contribution is -2.12. The summed E-state index contributed by atoms with van der Waals surface area (Å²) in [7, 11) is 0. The second-order valence-electron chi connectivity index (χ2n) is 6.03. The summed E-state index contributed by atoms with van der Waals surface area (Å²) in [6.45, 7) is 0. The lowest BCUT2D eigenvalue weighted by Gasteiger charge is -2.05. The first-order valence-electron chi connectivity index (χ1n) is 8.44. The molecule has 9 heteroatoms. The molecule has 0 fully saturated rings. The molecule has 0 atom stereocenters. The Morgan fingerprint density at radius 3 is 2.82 bits per heavy atom. The maximum absolute atomic E-state index is 12.4. The van der Waals surface area contributed by atoms with Crippen LogP contribution in [-0.2, 0) is 0 Å². The molecule has 5 aromatic rings. The lowest BCUT2D eigenvalue weighted by molar-refractivity contribution is 0.102. The van der Waals surface area contributed by atoms with E-state index in [4.69, 9.17) is 4.42 Å². The van der Waals surface area contributed by atoms with Crippen molar-refractivity contribution in [3.63, 3.8) is 0 Å². The average Bonchev–Trinajstić information content (AvgIpc) is 3.48. The van der Waals surface area contributed by atoms with Crippen LogP contribution in [0.4, 0.5) is 5.69 Å². The summed E-state index contributed by atoms with van der Waals surface area (Å²) in [6, 6.07) is 16.3. The zero-order valence-corrected chi connectivity index (χ0v) is 14.4. The minimum absolute atomic E-state index is 0.273. The monoisotopic (exact) mass is 371 g/mol. The molecule has 0 radical (unpaired) electrons. The lowest BCUT2D eigenvalue weighted by atomic mass is 10.1. The Morgan fingerprint density at radius 2 is 2.00 bits per heavy atom. The first kappa shape index (κ1) is 15.9. The second kappa shape index (κ2) is 6.47. The highest BCUT2D eigenvalue weighted by Gasteiger charge is 2.13. The van der Waals surface area contributed by atoms with Gasteiger partial charge in [-0.1, -0.05) is 12.1 Å². The highest BCUT2D eigenvalue weighted by Crippen LogP contribution is 2.21. The standard InChI is InChI=1S/C19H13N7O2/c27-19(16-10-15(22-23-16)17-2-1-9-28-17)21-13-5-3-12(4-6-13)14-7-8-18-24-20-11-26(18)25-14/h1-11H,(H,21,27)(H,22,23). The summed E-state index contributed by atoms with van der Waals surface area (Å²) in [4.78, 5) is 12.4. The Labute approximate surface area is 158 Å². The normalized spacial score (nSPS) is 11.0. The Hall–Kier alpha value is -4.27. The predicted molar refractivity (Wildman–Crippen MR) is 100 cm³/mol. The number of hydrogen-bond acceptors (Lipinski definition) is 6. The van der Waals surface area contributed by atoms with Crippen molar-refractivity contribution >= 4 is 17.2 Å². The molecule has 1 aromatic carbocycles. The largest absolute Gasteiger partial charge is 0.463 e. The number of aromatic nitrogens is 6. The quantitative estimate of drug-likeness (QED) is 0.502. The molecule has 1 amide bonds. The predicted octanol–water partition coefficient (Wildman–Crippen LogP) is 3.03. The van der Waals surface area contributed by atoms with Gasteiger partial charge in [0.05, 0.1) is 12.0 Å². The van der Waals surface area contributed by atoms with Crippen LogP contribution < -0.4 is 5.32 Å². The van der Waals surface area contributed by atoms with Crippen LogP contribution in [-0.4, -0.2) is 35.9 Å². The molecule has 9 nitrogen and oxygen atoms in total. The van der Waals surface area contributed by atoms with Gasteiger partial charge in [-0.05, 0) is 36.4 Å². The fourth-order valence-electron chi connectivity index (χ4n) is 2.80. The van der Waals surface area contributed by atoms with Gasteiger partial charge in [-0.25, -0.2) is 0 Å². The van der Waals surface area contributed by atoms with Crippen LogP contribution in [0, 0.1) is 0 Å². The molecule has 0 aliphatic heterocycles. The summed E-state index contributed by atoms with van der Waals surface area (Å²) in [5, 5.41) is 21.9. The van der Waals surface area contributed by atoms with E-state index in [2.05, 4.69) is 30.8 Å². The van der Waals surface area contributed by atoms with Crippen molar-refractivity contribution in [2.75, 3.05) is 5.32 Å². The van der Waals surface area contributed by atoms with Gasteiger partial charge in [0.15, 0.2) is 17.1 Å². The van der Waals surface area contributed by atoms with Crippen molar-refractivity contribution in [3.05, 3.63) is 72.9 Å². The number of rotatable bonds is 4. The van der Waals surface area contributed by atoms with Crippen molar-refractivity contribution in [2.45, 2.75) is 0 Å². The van der Waals surface area contributed by atoms with Crippen LogP contribution >= 0.6 is 0 Å². The second-order valence-corrected chi connectivity index (χ2v) is 6.03. The number of aromatic amines is 1. The third-order valence-electron chi connectivity index (χ3n) is 4.20. The Kier molecular flexibility index (Phi) is 3.68. The number of H-pyrrole nitrogens is 1. The molecule has 0 unspecified atom stereocenters. The minimum Gasteiger partial charge on any atom is -0.463 e. The number of nitrogens with one attached hydrogen (secondary N) is 2. The molecule has 0 saturated carbocycles. The Balaban J connectivity index is 1.32. The van der Waals surface area contributed by atoms with E-state index in [9.17, 15) is 4.79 Å². The van der Waals surface area contributed by atoms with Gasteiger partial charge >= 0.3 is 0 Å². The van der Waals surface area contributed by atoms with Crippen LogP contribution in [0.1, 0.15) is 10.5 Å².